The predicted molar refractivity (Wildman–Crippen MR) is 87.1 cm³/mol. The topological polar surface area (TPSA) is 91.3 Å². The minimum Gasteiger partial charge on any atom is -0.382 e. The highest BCUT2D eigenvalue weighted by molar-refractivity contribution is 5.77. The highest BCUT2D eigenvalue weighted by Crippen LogP contribution is 2.29. The third-order valence-electron chi connectivity index (χ3n) is 4.32. The molecule has 7 nitrogen and oxygen atoms in total. The van der Waals surface area contributed by atoms with Gasteiger partial charge in [-0.05, 0) is 24.8 Å². The summed E-state index contributed by atoms with van der Waals surface area (Å²) >= 11 is 0. The van der Waals surface area contributed by atoms with Crippen LogP contribution in [0.3, 0.4) is 0 Å². The first-order valence-corrected chi connectivity index (χ1v) is 8.15. The van der Waals surface area contributed by atoms with Crippen molar-refractivity contribution in [2.45, 2.75) is 24.9 Å². The van der Waals surface area contributed by atoms with Gasteiger partial charge in [-0.3, -0.25) is 4.79 Å². The molecule has 2 aromatic rings. The summed E-state index contributed by atoms with van der Waals surface area (Å²) in [6.07, 6.45) is 3.57. The molecule has 1 amide bonds. The lowest BCUT2D eigenvalue weighted by atomic mass is 9.90. The number of benzene rings is 1. The van der Waals surface area contributed by atoms with E-state index in [-0.39, 0.29) is 19.1 Å². The zero-order chi connectivity index (χ0) is 16.8. The summed E-state index contributed by atoms with van der Waals surface area (Å²) in [4.78, 5) is 14.0. The smallest absolute Gasteiger partial charge is 0.248 e. The second kappa shape index (κ2) is 7.55. The van der Waals surface area contributed by atoms with Crippen LogP contribution in [0.5, 0.6) is 0 Å². The summed E-state index contributed by atoms with van der Waals surface area (Å²) in [6, 6.07) is 10.0. The first-order valence-electron chi connectivity index (χ1n) is 8.15. The largest absolute Gasteiger partial charge is 0.382 e. The van der Waals surface area contributed by atoms with Gasteiger partial charge in [0.1, 0.15) is 17.9 Å². The van der Waals surface area contributed by atoms with Gasteiger partial charge in [0.05, 0.1) is 19.3 Å². The average Bonchev–Trinajstić information content (AvgIpc) is 3.15. The summed E-state index contributed by atoms with van der Waals surface area (Å²) in [5.74, 6) is -0.107. The number of hydrogen-bond donors (Lipinski definition) is 2. The molecule has 1 saturated heterocycles. The molecule has 2 N–H and O–H groups in total. The molecule has 1 unspecified atom stereocenters. The van der Waals surface area contributed by atoms with E-state index in [4.69, 9.17) is 4.74 Å². The lowest BCUT2D eigenvalue weighted by Crippen LogP contribution is -2.49. The number of nitrogens with zero attached hydrogens (tertiary/aromatic N) is 3. The van der Waals surface area contributed by atoms with Crippen molar-refractivity contribution >= 4 is 5.91 Å². The Morgan fingerprint density at radius 1 is 1.38 bits per heavy atom. The van der Waals surface area contributed by atoms with Gasteiger partial charge in [0.15, 0.2) is 0 Å². The number of aromatic nitrogens is 3. The first kappa shape index (κ1) is 16.6. The summed E-state index contributed by atoms with van der Waals surface area (Å²) in [7, 11) is 0. The van der Waals surface area contributed by atoms with Crippen molar-refractivity contribution in [2.75, 3.05) is 26.3 Å². The number of ether oxygens (including phenoxy) is 1. The van der Waals surface area contributed by atoms with Crippen LogP contribution in [-0.2, 0) is 21.6 Å². The number of β-amino-alcohol motifs (C(OH)–C–C–N with tert-alkyl or cyclic N) is 1. The van der Waals surface area contributed by atoms with Gasteiger partial charge in [0, 0.05) is 6.54 Å². The summed E-state index contributed by atoms with van der Waals surface area (Å²) in [6.45, 7) is 1.38. The molecule has 128 valence electrons. The number of carbonyl (C=O) groups is 1. The van der Waals surface area contributed by atoms with Crippen molar-refractivity contribution in [1.82, 2.24) is 20.3 Å². The molecule has 1 aromatic carbocycles. The quantitative estimate of drug-likeness (QED) is 0.767. The van der Waals surface area contributed by atoms with Crippen LogP contribution in [0.25, 0.3) is 0 Å². The van der Waals surface area contributed by atoms with Crippen molar-refractivity contribution in [2.24, 2.45) is 0 Å². The molecule has 1 fully saturated rings. The summed E-state index contributed by atoms with van der Waals surface area (Å²) in [5, 5.41) is 20.9. The third-order valence-corrected chi connectivity index (χ3v) is 4.32. The first-order chi connectivity index (χ1) is 11.7. The number of carbonyl (C=O) groups excluding carboxylic acids is 1. The van der Waals surface area contributed by atoms with Gasteiger partial charge in [-0.1, -0.05) is 30.3 Å². The Labute approximate surface area is 140 Å². The highest BCUT2D eigenvalue weighted by atomic mass is 16.5. The average molecular weight is 330 g/mol. The van der Waals surface area contributed by atoms with Crippen molar-refractivity contribution in [3.63, 3.8) is 0 Å². The lowest BCUT2D eigenvalue weighted by Gasteiger charge is -2.37. The molecular formula is C17H22N4O3. The van der Waals surface area contributed by atoms with E-state index < -0.39 is 5.60 Å². The van der Waals surface area contributed by atoms with E-state index in [9.17, 15) is 9.90 Å². The molecule has 1 aromatic heterocycles. The number of nitrogens with one attached hydrogen (secondary N) is 1. The Morgan fingerprint density at radius 2 is 2.21 bits per heavy atom. The maximum Gasteiger partial charge on any atom is 0.248 e. The van der Waals surface area contributed by atoms with Gasteiger partial charge in [-0.15, -0.1) is 0 Å². The zero-order valence-electron chi connectivity index (χ0n) is 13.5. The fraction of sp³-hybridized carbons (Fsp3) is 0.471. The Balaban J connectivity index is 1.46. The molecule has 7 heteroatoms. The Morgan fingerprint density at radius 3 is 2.96 bits per heavy atom. The molecule has 0 aliphatic carbocycles. The van der Waals surface area contributed by atoms with Crippen LogP contribution in [0.1, 0.15) is 24.1 Å². The molecule has 1 aliphatic heterocycles. The minimum absolute atomic E-state index is 0.0295. The number of rotatable bonds is 6. The monoisotopic (exact) mass is 330 g/mol. The number of aromatic amines is 1. The van der Waals surface area contributed by atoms with Crippen LogP contribution in [0.15, 0.2) is 36.5 Å². The molecule has 1 atom stereocenters. The number of amides is 1. The van der Waals surface area contributed by atoms with Crippen LogP contribution in [0, 0.1) is 0 Å². The Kier molecular flexibility index (Phi) is 5.22. The standard InChI is InChI=1S/C17H22N4O3/c22-16(12-24-10-7-14-5-2-1-3-6-14)21-9-4-8-17(23,13-21)15-11-18-20-19-15/h1-3,5-6,11,23H,4,7-10,12-13H2,(H,18,19,20). The van der Waals surface area contributed by atoms with Gasteiger partial charge in [-0.25, -0.2) is 0 Å². The second-order valence-corrected chi connectivity index (χ2v) is 6.09. The van der Waals surface area contributed by atoms with Crippen LogP contribution >= 0.6 is 0 Å². The number of likely N-dealkylation sites (tertiary alicyclic amines) is 1. The van der Waals surface area contributed by atoms with E-state index in [0.29, 0.717) is 25.3 Å². The van der Waals surface area contributed by atoms with Crippen molar-refractivity contribution < 1.29 is 14.6 Å². The van der Waals surface area contributed by atoms with Crippen molar-refractivity contribution in [3.8, 4) is 0 Å². The molecule has 3 rings (SSSR count). The Bertz CT molecular complexity index is 647. The van der Waals surface area contributed by atoms with E-state index in [1.165, 1.54) is 11.8 Å². The second-order valence-electron chi connectivity index (χ2n) is 6.09. The van der Waals surface area contributed by atoms with Crippen molar-refractivity contribution in [1.29, 1.82) is 0 Å². The van der Waals surface area contributed by atoms with Crippen molar-refractivity contribution in [3.05, 3.63) is 47.8 Å². The van der Waals surface area contributed by atoms with Gasteiger partial charge < -0.3 is 14.7 Å². The number of aliphatic hydroxyl groups is 1. The van der Waals surface area contributed by atoms with Gasteiger partial charge >= 0.3 is 0 Å². The van der Waals surface area contributed by atoms with E-state index in [2.05, 4.69) is 15.4 Å². The number of piperidine rings is 1. The number of hydrogen-bond acceptors (Lipinski definition) is 5. The van der Waals surface area contributed by atoms with Crippen LogP contribution in [0.2, 0.25) is 0 Å². The lowest BCUT2D eigenvalue weighted by molar-refractivity contribution is -0.143. The summed E-state index contributed by atoms with van der Waals surface area (Å²) in [5.41, 5.74) is 0.527. The summed E-state index contributed by atoms with van der Waals surface area (Å²) < 4.78 is 5.50. The van der Waals surface area contributed by atoms with Crippen LogP contribution in [-0.4, -0.2) is 57.6 Å². The van der Waals surface area contributed by atoms with E-state index in [1.807, 2.05) is 30.3 Å². The maximum absolute atomic E-state index is 12.3. The maximum atomic E-state index is 12.3. The minimum atomic E-state index is -1.13. The van der Waals surface area contributed by atoms with Gasteiger partial charge in [0.2, 0.25) is 5.91 Å². The molecule has 1 aliphatic rings. The number of H-pyrrole nitrogens is 1. The van der Waals surface area contributed by atoms with E-state index >= 15 is 0 Å². The zero-order valence-corrected chi connectivity index (χ0v) is 13.5. The molecule has 0 spiro atoms. The molecule has 24 heavy (non-hydrogen) atoms. The fourth-order valence-corrected chi connectivity index (χ4v) is 2.97. The molecule has 0 saturated carbocycles. The van der Waals surface area contributed by atoms with Crippen LogP contribution in [0.4, 0.5) is 0 Å². The Hall–Kier alpha value is -2.25. The molecule has 2 heterocycles. The highest BCUT2D eigenvalue weighted by Gasteiger charge is 2.38. The van der Waals surface area contributed by atoms with Gasteiger partial charge in [-0.2, -0.15) is 15.4 Å². The third kappa shape index (κ3) is 3.98. The normalized spacial score (nSPS) is 21.0. The molecule has 0 bridgehead atoms. The molecule has 0 radical (unpaired) electrons. The SMILES string of the molecule is O=C(COCCc1ccccc1)N1CCCC(O)(c2cn[nH]n2)C1. The van der Waals surface area contributed by atoms with Crippen LogP contribution < -0.4 is 0 Å². The predicted octanol–water partition coefficient (Wildman–Crippen LogP) is 0.874. The molecular weight excluding hydrogens is 308 g/mol. The van der Waals surface area contributed by atoms with E-state index in [1.54, 1.807) is 4.90 Å². The van der Waals surface area contributed by atoms with Gasteiger partial charge in [0.25, 0.3) is 0 Å². The van der Waals surface area contributed by atoms with E-state index in [0.717, 1.165) is 12.8 Å². The fourth-order valence-electron chi connectivity index (χ4n) is 2.97.